The van der Waals surface area contributed by atoms with Gasteiger partial charge in [0.25, 0.3) is 0 Å². The fourth-order valence-corrected chi connectivity index (χ4v) is 10.5. The van der Waals surface area contributed by atoms with Crippen LogP contribution in [0.25, 0.3) is 0 Å². The number of nitrogens with two attached hydrogens (primary N) is 1. The highest BCUT2D eigenvalue weighted by molar-refractivity contribution is 7.47. The number of phosphoric acid groups is 1. The van der Waals surface area contributed by atoms with Crippen molar-refractivity contribution >= 4 is 19.8 Å². The monoisotopic (exact) mass is 1150 g/mol. The predicted molar refractivity (Wildman–Crippen MR) is 349 cm³/mol. The van der Waals surface area contributed by atoms with Crippen LogP contribution >= 0.6 is 7.82 Å². The van der Waals surface area contributed by atoms with Crippen molar-refractivity contribution in [1.82, 2.24) is 0 Å². The molecule has 0 aromatic heterocycles. The minimum atomic E-state index is -4.40. The maximum atomic E-state index is 12.7. The molecule has 81 heavy (non-hydrogen) atoms. The van der Waals surface area contributed by atoms with Gasteiger partial charge in [-0.3, -0.25) is 18.6 Å². The number of carbonyl (C=O) groups is 2. The Labute approximate surface area is 500 Å². The molecule has 3 N–H and O–H groups in total. The molecule has 0 amide bonds. The summed E-state index contributed by atoms with van der Waals surface area (Å²) in [6.07, 6.45) is 88.3. The Morgan fingerprint density at radius 3 is 1.01 bits per heavy atom. The normalized spacial score (nSPS) is 13.5. The first kappa shape index (κ1) is 78.2. The Morgan fingerprint density at radius 2 is 0.679 bits per heavy atom. The number of esters is 2. The summed E-state index contributed by atoms with van der Waals surface area (Å²) in [7, 11) is -4.40. The Morgan fingerprint density at radius 1 is 0.383 bits per heavy atom. The van der Waals surface area contributed by atoms with Gasteiger partial charge in [0, 0.05) is 19.4 Å². The molecule has 0 aliphatic rings. The van der Waals surface area contributed by atoms with E-state index >= 15 is 0 Å². The van der Waals surface area contributed by atoms with Crippen molar-refractivity contribution < 1.29 is 37.6 Å². The zero-order chi connectivity index (χ0) is 58.7. The van der Waals surface area contributed by atoms with Crippen LogP contribution in [0.3, 0.4) is 0 Å². The summed E-state index contributed by atoms with van der Waals surface area (Å²) in [5.41, 5.74) is 5.39. The van der Waals surface area contributed by atoms with Gasteiger partial charge in [-0.1, -0.05) is 304 Å². The SMILES string of the molecule is CC/C=C\C/C=C\C/C=C\C/C=C\CCCCCCCCCCCCCCCCCCCCCCCCCCCCC(=O)OC(COC(=O)CCCCCCCC/C=C\C/C=C\C/C=C\CCCCCCC)COP(=O)(O)OCCN. The third kappa shape index (κ3) is 66.2. The highest BCUT2D eigenvalue weighted by Crippen LogP contribution is 2.43. The van der Waals surface area contributed by atoms with Crippen molar-refractivity contribution in [2.24, 2.45) is 5.73 Å². The summed E-state index contributed by atoms with van der Waals surface area (Å²) in [4.78, 5) is 35.3. The zero-order valence-corrected chi connectivity index (χ0v) is 53.7. The lowest BCUT2D eigenvalue weighted by Crippen LogP contribution is -2.29. The highest BCUT2D eigenvalue weighted by Gasteiger charge is 2.26. The van der Waals surface area contributed by atoms with Crippen LogP contribution in [0.15, 0.2) is 85.1 Å². The van der Waals surface area contributed by atoms with E-state index in [0.717, 1.165) is 83.5 Å². The molecule has 9 nitrogen and oxygen atoms in total. The number of hydrogen-bond donors (Lipinski definition) is 2. The average Bonchev–Trinajstić information content (AvgIpc) is 3.46. The molecule has 0 heterocycles. The second-order valence-electron chi connectivity index (χ2n) is 22.7. The molecule has 10 heteroatoms. The standard InChI is InChI=1S/C71H128NO8P/c1-3-5-7-9-11-13-15-17-19-21-23-25-26-27-28-29-30-31-32-33-34-35-36-37-38-39-40-41-42-44-46-48-50-52-54-56-58-60-62-64-71(74)80-69(68-79-81(75,76)78-66-65-72)67-77-70(73)63-61-59-57-55-53-51-49-47-45-43-24-22-20-18-16-14-12-10-8-6-4-2/h5,7,11,13,16-19,22-25,45,47,69H,3-4,6,8-10,12,14-15,20-21,26-44,46,48-68,72H2,1-2H3,(H,75,76)/b7-5-,13-11-,18-16-,19-17-,24-22-,25-23-,47-45-. The van der Waals surface area contributed by atoms with Crippen molar-refractivity contribution in [1.29, 1.82) is 0 Å². The van der Waals surface area contributed by atoms with Crippen molar-refractivity contribution in [3.8, 4) is 0 Å². The van der Waals surface area contributed by atoms with Gasteiger partial charge in [-0.05, 0) is 89.9 Å². The Kier molecular flexibility index (Phi) is 64.0. The van der Waals surface area contributed by atoms with Crippen molar-refractivity contribution in [2.45, 2.75) is 328 Å². The van der Waals surface area contributed by atoms with E-state index in [4.69, 9.17) is 24.3 Å². The number of phosphoric ester groups is 1. The second kappa shape index (κ2) is 66.3. The van der Waals surface area contributed by atoms with E-state index in [1.807, 2.05) is 0 Å². The van der Waals surface area contributed by atoms with Gasteiger partial charge in [0.1, 0.15) is 6.61 Å². The van der Waals surface area contributed by atoms with Gasteiger partial charge in [0.15, 0.2) is 6.10 Å². The van der Waals surface area contributed by atoms with E-state index in [1.54, 1.807) is 0 Å². The first-order valence-corrected chi connectivity index (χ1v) is 35.6. The number of unbranched alkanes of at least 4 members (excludes halogenated alkanes) is 37. The molecule has 0 aromatic carbocycles. The van der Waals surface area contributed by atoms with E-state index in [1.165, 1.54) is 205 Å². The first-order chi connectivity index (χ1) is 39.8. The highest BCUT2D eigenvalue weighted by atomic mass is 31.2. The molecule has 2 atom stereocenters. The fraction of sp³-hybridized carbons (Fsp3) is 0.775. The summed E-state index contributed by atoms with van der Waals surface area (Å²) in [6.45, 7) is 3.64. The summed E-state index contributed by atoms with van der Waals surface area (Å²) in [5.74, 6) is -0.831. The van der Waals surface area contributed by atoms with E-state index < -0.39 is 26.5 Å². The number of hydrogen-bond acceptors (Lipinski definition) is 8. The van der Waals surface area contributed by atoms with Gasteiger partial charge in [0.2, 0.25) is 0 Å². The van der Waals surface area contributed by atoms with E-state index in [9.17, 15) is 19.0 Å². The predicted octanol–water partition coefficient (Wildman–Crippen LogP) is 22.2. The maximum absolute atomic E-state index is 12.7. The van der Waals surface area contributed by atoms with Crippen LogP contribution in [0.5, 0.6) is 0 Å². The number of rotatable bonds is 64. The Bertz CT molecular complexity index is 1600. The molecule has 0 radical (unpaired) electrons. The van der Waals surface area contributed by atoms with Gasteiger partial charge in [-0.15, -0.1) is 0 Å². The fourth-order valence-electron chi connectivity index (χ4n) is 9.76. The van der Waals surface area contributed by atoms with Crippen LogP contribution in [-0.4, -0.2) is 49.3 Å². The smallest absolute Gasteiger partial charge is 0.462 e. The maximum Gasteiger partial charge on any atom is 0.472 e. The first-order valence-electron chi connectivity index (χ1n) is 34.1. The van der Waals surface area contributed by atoms with Crippen LogP contribution in [0.4, 0.5) is 0 Å². The summed E-state index contributed by atoms with van der Waals surface area (Å²) < 4.78 is 33.1. The lowest BCUT2D eigenvalue weighted by molar-refractivity contribution is -0.161. The molecule has 0 rings (SSSR count). The quantitative estimate of drug-likeness (QED) is 0.0264. The Balaban J connectivity index is 3.81. The van der Waals surface area contributed by atoms with Crippen LogP contribution in [-0.2, 0) is 32.7 Å². The van der Waals surface area contributed by atoms with Crippen LogP contribution in [0.2, 0.25) is 0 Å². The van der Waals surface area contributed by atoms with Gasteiger partial charge in [-0.2, -0.15) is 0 Å². The lowest BCUT2D eigenvalue weighted by atomic mass is 10.0. The van der Waals surface area contributed by atoms with Crippen LogP contribution in [0.1, 0.15) is 322 Å². The number of carbonyl (C=O) groups excluding carboxylic acids is 2. The van der Waals surface area contributed by atoms with E-state index in [-0.39, 0.29) is 38.6 Å². The minimum absolute atomic E-state index is 0.0504. The number of allylic oxidation sites excluding steroid dienone is 14. The molecule has 470 valence electrons. The molecule has 0 aliphatic carbocycles. The summed E-state index contributed by atoms with van der Waals surface area (Å²) in [5, 5.41) is 0. The molecule has 2 unspecified atom stereocenters. The van der Waals surface area contributed by atoms with Crippen molar-refractivity contribution in [2.75, 3.05) is 26.4 Å². The van der Waals surface area contributed by atoms with Crippen molar-refractivity contribution in [3.05, 3.63) is 85.1 Å². The van der Waals surface area contributed by atoms with Crippen LogP contribution in [0, 0.1) is 0 Å². The molecule has 0 fully saturated rings. The van der Waals surface area contributed by atoms with Gasteiger partial charge in [-0.25, -0.2) is 4.57 Å². The molecule has 0 saturated heterocycles. The molecule has 0 saturated carbocycles. The average molecular weight is 1150 g/mol. The molecule has 0 aromatic rings. The van der Waals surface area contributed by atoms with E-state index in [2.05, 4.69) is 98.9 Å². The van der Waals surface area contributed by atoms with Gasteiger partial charge < -0.3 is 20.1 Å². The summed E-state index contributed by atoms with van der Waals surface area (Å²) in [6, 6.07) is 0. The molecular formula is C71H128NO8P. The van der Waals surface area contributed by atoms with Crippen LogP contribution < -0.4 is 5.73 Å². The minimum Gasteiger partial charge on any atom is -0.462 e. The summed E-state index contributed by atoms with van der Waals surface area (Å²) >= 11 is 0. The number of ether oxygens (including phenoxy) is 2. The third-order valence-corrected chi connectivity index (χ3v) is 15.7. The molecule has 0 bridgehead atoms. The topological polar surface area (TPSA) is 134 Å². The molecular weight excluding hydrogens is 1030 g/mol. The molecule has 0 aliphatic heterocycles. The second-order valence-corrected chi connectivity index (χ2v) is 24.1. The Hall–Kier alpha value is -2.81. The lowest BCUT2D eigenvalue weighted by Gasteiger charge is -2.19. The third-order valence-electron chi connectivity index (χ3n) is 14.8. The largest absolute Gasteiger partial charge is 0.472 e. The molecule has 0 spiro atoms. The van der Waals surface area contributed by atoms with Gasteiger partial charge in [0.05, 0.1) is 13.2 Å². The van der Waals surface area contributed by atoms with Crippen molar-refractivity contribution in [3.63, 3.8) is 0 Å². The zero-order valence-electron chi connectivity index (χ0n) is 52.8. The van der Waals surface area contributed by atoms with Gasteiger partial charge >= 0.3 is 19.8 Å². The van der Waals surface area contributed by atoms with E-state index in [0.29, 0.717) is 6.42 Å².